The van der Waals surface area contributed by atoms with Gasteiger partial charge in [0.25, 0.3) is 0 Å². The lowest BCUT2D eigenvalue weighted by Crippen LogP contribution is -2.36. The van der Waals surface area contributed by atoms with E-state index < -0.39 is 11.0 Å². The van der Waals surface area contributed by atoms with E-state index in [0.717, 1.165) is 41.2 Å². The Morgan fingerprint density at radius 3 is 1.97 bits per heavy atom. The van der Waals surface area contributed by atoms with Crippen LogP contribution in [-0.4, -0.2) is 11.6 Å². The van der Waals surface area contributed by atoms with E-state index in [1.807, 2.05) is 83.1 Å². The molecule has 2 aromatic rings. The van der Waals surface area contributed by atoms with Gasteiger partial charge in [0.15, 0.2) is 0 Å². The van der Waals surface area contributed by atoms with Crippen LogP contribution in [0.4, 0.5) is 0 Å². The van der Waals surface area contributed by atoms with E-state index in [0.29, 0.717) is 0 Å². The van der Waals surface area contributed by atoms with Crippen molar-refractivity contribution in [3.8, 4) is 23.3 Å². The number of carbonyl (C=O) groups excluding carboxylic acids is 1. The molecule has 5 heteroatoms. The molecule has 4 nitrogen and oxygen atoms in total. The van der Waals surface area contributed by atoms with Gasteiger partial charge >= 0.3 is 5.97 Å². The molecule has 0 aromatic heterocycles. The maximum Gasteiger partial charge on any atom is 0.312 e. The SMILES string of the molecule is CC(C)(CCC#Cc1ccc(Oc2ccc(SN)cc2)cc1)CC(C)(C)C(=O)OC(C)(C)C. The Hall–Kier alpha value is -2.42. The number of rotatable bonds is 8. The highest BCUT2D eigenvalue weighted by molar-refractivity contribution is 7.97. The van der Waals surface area contributed by atoms with Crippen molar-refractivity contribution in [2.75, 3.05) is 0 Å². The van der Waals surface area contributed by atoms with E-state index >= 15 is 0 Å². The lowest BCUT2D eigenvalue weighted by molar-refractivity contribution is -0.167. The van der Waals surface area contributed by atoms with Gasteiger partial charge in [0.1, 0.15) is 17.1 Å². The first-order valence-electron chi connectivity index (χ1n) is 11.3. The smallest absolute Gasteiger partial charge is 0.312 e. The third-order valence-electron chi connectivity index (χ3n) is 5.08. The summed E-state index contributed by atoms with van der Waals surface area (Å²) in [5.74, 6) is 7.88. The first kappa shape index (κ1) is 26.8. The highest BCUT2D eigenvalue weighted by Gasteiger charge is 2.37. The molecule has 0 heterocycles. The number of carbonyl (C=O) groups is 1. The second kappa shape index (κ2) is 11.1. The van der Waals surface area contributed by atoms with Gasteiger partial charge in [-0.15, -0.1) is 0 Å². The summed E-state index contributed by atoms with van der Waals surface area (Å²) in [6, 6.07) is 15.4. The van der Waals surface area contributed by atoms with Crippen LogP contribution in [0.5, 0.6) is 11.5 Å². The molecule has 0 radical (unpaired) electrons. The second-order valence-electron chi connectivity index (χ2n) is 10.7. The van der Waals surface area contributed by atoms with Crippen LogP contribution in [-0.2, 0) is 9.53 Å². The van der Waals surface area contributed by atoms with Crippen LogP contribution < -0.4 is 9.88 Å². The summed E-state index contributed by atoms with van der Waals surface area (Å²) in [5, 5.41) is 5.55. The Labute approximate surface area is 203 Å². The Morgan fingerprint density at radius 2 is 1.45 bits per heavy atom. The van der Waals surface area contributed by atoms with E-state index in [1.54, 1.807) is 0 Å². The zero-order chi connectivity index (χ0) is 24.7. The molecule has 0 saturated carbocycles. The standard InChI is InChI=1S/C28H37NO3S/c1-26(2,3)32-25(30)28(6,7)20-27(4,5)19-9-8-10-21-11-13-22(14-12-21)31-23-15-17-24(33-29)18-16-23/h11-18H,9,19-20,29H2,1-7H3. The summed E-state index contributed by atoms with van der Waals surface area (Å²) in [6.07, 6.45) is 2.42. The summed E-state index contributed by atoms with van der Waals surface area (Å²) in [5.41, 5.74) is -0.0864. The van der Waals surface area contributed by atoms with Crippen molar-refractivity contribution in [1.29, 1.82) is 0 Å². The maximum absolute atomic E-state index is 12.6. The number of nitrogens with two attached hydrogens (primary N) is 1. The molecule has 0 aliphatic rings. The molecule has 0 amide bonds. The van der Waals surface area contributed by atoms with Crippen LogP contribution in [0, 0.1) is 22.7 Å². The minimum atomic E-state index is -0.538. The molecular formula is C28H37NO3S. The Bertz CT molecular complexity index is 975. The van der Waals surface area contributed by atoms with Gasteiger partial charge in [0.05, 0.1) is 5.41 Å². The van der Waals surface area contributed by atoms with Crippen molar-refractivity contribution in [3.63, 3.8) is 0 Å². The van der Waals surface area contributed by atoms with Crippen LogP contribution >= 0.6 is 11.9 Å². The van der Waals surface area contributed by atoms with E-state index in [1.165, 1.54) is 11.9 Å². The minimum Gasteiger partial charge on any atom is -0.460 e. The van der Waals surface area contributed by atoms with Crippen molar-refractivity contribution in [1.82, 2.24) is 0 Å². The van der Waals surface area contributed by atoms with Gasteiger partial charge in [-0.1, -0.05) is 25.7 Å². The van der Waals surface area contributed by atoms with Gasteiger partial charge in [0.2, 0.25) is 0 Å². The average Bonchev–Trinajstić information content (AvgIpc) is 2.71. The molecule has 0 aliphatic heterocycles. The van der Waals surface area contributed by atoms with Crippen molar-refractivity contribution in [2.45, 2.75) is 78.2 Å². The molecule has 0 bridgehead atoms. The Balaban J connectivity index is 1.88. The quantitative estimate of drug-likeness (QED) is 0.250. The summed E-state index contributed by atoms with van der Waals surface area (Å²) in [4.78, 5) is 13.6. The van der Waals surface area contributed by atoms with Crippen LogP contribution in [0.3, 0.4) is 0 Å². The van der Waals surface area contributed by atoms with E-state index in [9.17, 15) is 4.79 Å². The third kappa shape index (κ3) is 9.53. The number of esters is 1. The van der Waals surface area contributed by atoms with E-state index in [2.05, 4.69) is 25.7 Å². The highest BCUT2D eigenvalue weighted by atomic mass is 32.2. The molecule has 2 N–H and O–H groups in total. The monoisotopic (exact) mass is 467 g/mol. The summed E-state index contributed by atoms with van der Waals surface area (Å²) in [6.45, 7) is 14.0. The molecule has 0 aliphatic carbocycles. The maximum atomic E-state index is 12.6. The molecule has 0 unspecified atom stereocenters. The van der Waals surface area contributed by atoms with Crippen molar-refractivity contribution >= 4 is 17.9 Å². The fourth-order valence-electron chi connectivity index (χ4n) is 3.67. The first-order chi connectivity index (χ1) is 15.3. The van der Waals surface area contributed by atoms with Crippen molar-refractivity contribution in [2.24, 2.45) is 16.0 Å². The van der Waals surface area contributed by atoms with Crippen LogP contribution in [0.2, 0.25) is 0 Å². The Kier molecular flexibility index (Phi) is 9.05. The highest BCUT2D eigenvalue weighted by Crippen LogP contribution is 2.38. The van der Waals surface area contributed by atoms with Crippen LogP contribution in [0.15, 0.2) is 53.4 Å². The predicted octanol–water partition coefficient (Wildman–Crippen LogP) is 7.36. The zero-order valence-electron chi connectivity index (χ0n) is 21.0. The number of hydrogen-bond acceptors (Lipinski definition) is 5. The lowest BCUT2D eigenvalue weighted by atomic mass is 9.73. The average molecular weight is 468 g/mol. The van der Waals surface area contributed by atoms with Gasteiger partial charge in [-0.05, 0) is 113 Å². The predicted molar refractivity (Wildman–Crippen MR) is 137 cm³/mol. The third-order valence-corrected chi connectivity index (χ3v) is 5.63. The topological polar surface area (TPSA) is 61.5 Å². The molecule has 0 fully saturated rings. The lowest BCUT2D eigenvalue weighted by Gasteiger charge is -2.35. The fourth-order valence-corrected chi connectivity index (χ4v) is 3.96. The minimum absolute atomic E-state index is 0.0231. The van der Waals surface area contributed by atoms with Gasteiger partial charge in [-0.2, -0.15) is 0 Å². The van der Waals surface area contributed by atoms with Crippen LogP contribution in [0.25, 0.3) is 0 Å². The summed E-state index contributed by atoms with van der Waals surface area (Å²) < 4.78 is 11.5. The van der Waals surface area contributed by atoms with Gasteiger partial charge in [-0.25, -0.2) is 0 Å². The van der Waals surface area contributed by atoms with Gasteiger partial charge in [-0.3, -0.25) is 9.93 Å². The summed E-state index contributed by atoms with van der Waals surface area (Å²) >= 11 is 1.21. The summed E-state index contributed by atoms with van der Waals surface area (Å²) in [7, 11) is 0. The first-order valence-corrected chi connectivity index (χ1v) is 12.1. The van der Waals surface area contributed by atoms with Crippen molar-refractivity contribution in [3.05, 3.63) is 54.1 Å². The normalized spacial score (nSPS) is 12.0. The van der Waals surface area contributed by atoms with E-state index in [4.69, 9.17) is 14.6 Å². The van der Waals surface area contributed by atoms with Gasteiger partial charge < -0.3 is 9.47 Å². The molecular weight excluding hydrogens is 430 g/mol. The molecule has 0 atom stereocenters. The van der Waals surface area contributed by atoms with Crippen molar-refractivity contribution < 1.29 is 14.3 Å². The van der Waals surface area contributed by atoms with E-state index in [-0.39, 0.29) is 11.4 Å². The van der Waals surface area contributed by atoms with Crippen LogP contribution in [0.1, 0.15) is 73.3 Å². The molecule has 2 aromatic carbocycles. The zero-order valence-corrected chi connectivity index (χ0v) is 21.8. The fraction of sp³-hybridized carbons (Fsp3) is 0.464. The molecule has 178 valence electrons. The Morgan fingerprint density at radius 1 is 0.909 bits per heavy atom. The second-order valence-corrected chi connectivity index (χ2v) is 11.5. The number of benzene rings is 2. The number of ether oxygens (including phenoxy) is 2. The molecule has 33 heavy (non-hydrogen) atoms. The molecule has 0 spiro atoms. The number of hydrogen-bond donors (Lipinski definition) is 1. The largest absolute Gasteiger partial charge is 0.460 e. The molecule has 0 saturated heterocycles. The van der Waals surface area contributed by atoms with Gasteiger partial charge in [0, 0.05) is 16.9 Å². The molecule has 2 rings (SSSR count).